The third kappa shape index (κ3) is 4.29. The number of nitrogens with two attached hydrogens (primary N) is 1. The summed E-state index contributed by atoms with van der Waals surface area (Å²) in [6.07, 6.45) is 2.01. The smallest absolute Gasteiger partial charge is 0.256 e. The Morgan fingerprint density at radius 2 is 1.87 bits per heavy atom. The second-order valence-corrected chi connectivity index (χ2v) is 5.53. The number of nitrogens with zero attached hydrogens (tertiary/aromatic N) is 1. The molecular formula is C16H22N4O3. The molecule has 1 aliphatic rings. The summed E-state index contributed by atoms with van der Waals surface area (Å²) in [6, 6.07) is 5.32. The van der Waals surface area contributed by atoms with Crippen LogP contribution in [0, 0.1) is 6.92 Å². The van der Waals surface area contributed by atoms with E-state index < -0.39 is 11.8 Å². The Bertz CT molecular complexity index is 609. The molecule has 1 aromatic rings. The van der Waals surface area contributed by atoms with Gasteiger partial charge in [-0.25, -0.2) is 0 Å². The molecule has 7 heteroatoms. The molecule has 0 spiro atoms. The van der Waals surface area contributed by atoms with Crippen molar-refractivity contribution >= 4 is 23.4 Å². The van der Waals surface area contributed by atoms with E-state index in [4.69, 9.17) is 5.73 Å². The van der Waals surface area contributed by atoms with E-state index in [2.05, 4.69) is 10.6 Å². The van der Waals surface area contributed by atoms with Crippen LogP contribution in [0.5, 0.6) is 0 Å². The van der Waals surface area contributed by atoms with E-state index in [0.717, 1.165) is 31.5 Å². The van der Waals surface area contributed by atoms with E-state index in [1.807, 2.05) is 13.0 Å². The highest BCUT2D eigenvalue weighted by molar-refractivity contribution is 6.05. The van der Waals surface area contributed by atoms with E-state index in [1.54, 1.807) is 17.0 Å². The average molecular weight is 318 g/mol. The zero-order valence-electron chi connectivity index (χ0n) is 13.2. The molecule has 23 heavy (non-hydrogen) atoms. The first-order chi connectivity index (χ1) is 11.0. The SMILES string of the molecule is Cc1cccc(NC(=O)CNC(=O)CN)c1C(=O)N1CCCC1. The van der Waals surface area contributed by atoms with Crippen LogP contribution in [-0.2, 0) is 9.59 Å². The molecule has 2 rings (SSSR count). The van der Waals surface area contributed by atoms with E-state index in [9.17, 15) is 14.4 Å². The highest BCUT2D eigenvalue weighted by Gasteiger charge is 2.24. The third-order valence-electron chi connectivity index (χ3n) is 3.79. The van der Waals surface area contributed by atoms with Gasteiger partial charge in [0.05, 0.1) is 24.3 Å². The van der Waals surface area contributed by atoms with Crippen molar-refractivity contribution in [3.8, 4) is 0 Å². The zero-order valence-corrected chi connectivity index (χ0v) is 13.2. The monoisotopic (exact) mass is 318 g/mol. The lowest BCUT2D eigenvalue weighted by atomic mass is 10.0. The van der Waals surface area contributed by atoms with Gasteiger partial charge in [-0.05, 0) is 31.4 Å². The average Bonchev–Trinajstić information content (AvgIpc) is 3.06. The van der Waals surface area contributed by atoms with Gasteiger partial charge < -0.3 is 21.3 Å². The lowest BCUT2D eigenvalue weighted by Gasteiger charge is -2.19. The Balaban J connectivity index is 2.12. The number of amides is 3. The van der Waals surface area contributed by atoms with Crippen LogP contribution in [0.15, 0.2) is 18.2 Å². The van der Waals surface area contributed by atoms with Crippen molar-refractivity contribution in [2.45, 2.75) is 19.8 Å². The van der Waals surface area contributed by atoms with E-state index in [0.29, 0.717) is 11.3 Å². The molecule has 0 saturated carbocycles. The van der Waals surface area contributed by atoms with Crippen LogP contribution >= 0.6 is 0 Å². The summed E-state index contributed by atoms with van der Waals surface area (Å²) in [4.78, 5) is 37.5. The summed E-state index contributed by atoms with van der Waals surface area (Å²) < 4.78 is 0. The number of carbonyl (C=O) groups excluding carboxylic acids is 3. The molecule has 1 aromatic carbocycles. The number of nitrogens with one attached hydrogen (secondary N) is 2. The molecule has 0 bridgehead atoms. The van der Waals surface area contributed by atoms with Crippen LogP contribution in [0.25, 0.3) is 0 Å². The molecule has 0 atom stereocenters. The molecule has 0 radical (unpaired) electrons. The van der Waals surface area contributed by atoms with Crippen LogP contribution in [0.4, 0.5) is 5.69 Å². The van der Waals surface area contributed by atoms with Crippen LogP contribution in [0.3, 0.4) is 0 Å². The number of carbonyl (C=O) groups is 3. The first-order valence-electron chi connectivity index (χ1n) is 7.68. The maximum Gasteiger partial charge on any atom is 0.256 e. The minimum atomic E-state index is -0.405. The molecule has 0 aromatic heterocycles. The molecule has 1 aliphatic heterocycles. The lowest BCUT2D eigenvalue weighted by molar-refractivity contribution is -0.123. The molecule has 124 valence electrons. The van der Waals surface area contributed by atoms with E-state index in [-0.39, 0.29) is 19.0 Å². The number of hydrogen-bond acceptors (Lipinski definition) is 4. The molecule has 4 N–H and O–H groups in total. The Morgan fingerprint density at radius 1 is 1.17 bits per heavy atom. The van der Waals surface area contributed by atoms with Crippen LogP contribution in [0.2, 0.25) is 0 Å². The van der Waals surface area contributed by atoms with Crippen molar-refractivity contribution in [3.63, 3.8) is 0 Å². The van der Waals surface area contributed by atoms with Gasteiger partial charge in [0.1, 0.15) is 0 Å². The number of benzene rings is 1. The van der Waals surface area contributed by atoms with Crippen molar-refractivity contribution in [3.05, 3.63) is 29.3 Å². The van der Waals surface area contributed by atoms with Crippen molar-refractivity contribution in [1.82, 2.24) is 10.2 Å². The standard InChI is InChI=1S/C16H22N4O3/c1-11-5-4-6-12(19-14(22)10-18-13(21)9-17)15(11)16(23)20-7-2-3-8-20/h4-6H,2-3,7-10,17H2,1H3,(H,18,21)(H,19,22). The minimum Gasteiger partial charge on any atom is -0.346 e. The van der Waals surface area contributed by atoms with Crippen molar-refractivity contribution < 1.29 is 14.4 Å². The van der Waals surface area contributed by atoms with Gasteiger partial charge in [-0.1, -0.05) is 12.1 Å². The summed E-state index contributed by atoms with van der Waals surface area (Å²) in [5.41, 5.74) is 6.96. The lowest BCUT2D eigenvalue weighted by Crippen LogP contribution is -2.37. The summed E-state index contributed by atoms with van der Waals surface area (Å²) >= 11 is 0. The van der Waals surface area contributed by atoms with Crippen LogP contribution < -0.4 is 16.4 Å². The molecule has 3 amide bonds. The minimum absolute atomic E-state index is 0.0677. The molecule has 7 nitrogen and oxygen atoms in total. The Hall–Kier alpha value is -2.41. The largest absolute Gasteiger partial charge is 0.346 e. The summed E-state index contributed by atoms with van der Waals surface area (Å²) in [7, 11) is 0. The summed E-state index contributed by atoms with van der Waals surface area (Å²) in [5.74, 6) is -0.868. The van der Waals surface area contributed by atoms with Crippen LogP contribution in [0.1, 0.15) is 28.8 Å². The van der Waals surface area contributed by atoms with Crippen LogP contribution in [-0.4, -0.2) is 48.8 Å². The van der Waals surface area contributed by atoms with Gasteiger partial charge in [0.2, 0.25) is 11.8 Å². The first-order valence-corrected chi connectivity index (χ1v) is 7.68. The Labute approximate surface area is 135 Å². The highest BCUT2D eigenvalue weighted by atomic mass is 16.2. The molecule has 1 heterocycles. The van der Waals surface area contributed by atoms with Gasteiger partial charge in [-0.3, -0.25) is 14.4 Å². The maximum absolute atomic E-state index is 12.7. The number of rotatable bonds is 5. The maximum atomic E-state index is 12.7. The van der Waals surface area contributed by atoms with Gasteiger partial charge in [0, 0.05) is 13.1 Å². The topological polar surface area (TPSA) is 105 Å². The quantitative estimate of drug-likeness (QED) is 0.723. The Kier molecular flexibility index (Phi) is 5.70. The molecule has 0 aliphatic carbocycles. The number of likely N-dealkylation sites (tertiary alicyclic amines) is 1. The zero-order chi connectivity index (χ0) is 16.8. The van der Waals surface area contributed by atoms with Gasteiger partial charge in [0.15, 0.2) is 0 Å². The summed E-state index contributed by atoms with van der Waals surface area (Å²) in [5, 5.41) is 5.09. The van der Waals surface area contributed by atoms with Crippen molar-refractivity contribution in [1.29, 1.82) is 0 Å². The number of anilines is 1. The second-order valence-electron chi connectivity index (χ2n) is 5.53. The second kappa shape index (κ2) is 7.73. The fourth-order valence-corrected chi connectivity index (χ4v) is 2.58. The fraction of sp³-hybridized carbons (Fsp3) is 0.438. The van der Waals surface area contributed by atoms with Gasteiger partial charge >= 0.3 is 0 Å². The third-order valence-corrected chi connectivity index (χ3v) is 3.79. The molecule has 0 unspecified atom stereocenters. The van der Waals surface area contributed by atoms with Crippen molar-refractivity contribution in [2.24, 2.45) is 5.73 Å². The molecule has 1 saturated heterocycles. The first kappa shape index (κ1) is 17.0. The Morgan fingerprint density at radius 3 is 2.52 bits per heavy atom. The van der Waals surface area contributed by atoms with E-state index >= 15 is 0 Å². The number of hydrogen-bond donors (Lipinski definition) is 3. The normalized spacial score (nSPS) is 13.7. The van der Waals surface area contributed by atoms with Gasteiger partial charge in [0.25, 0.3) is 5.91 Å². The van der Waals surface area contributed by atoms with Crippen molar-refractivity contribution in [2.75, 3.05) is 31.5 Å². The highest BCUT2D eigenvalue weighted by Crippen LogP contribution is 2.23. The number of aryl methyl sites for hydroxylation is 1. The molecular weight excluding hydrogens is 296 g/mol. The van der Waals surface area contributed by atoms with Gasteiger partial charge in [-0.2, -0.15) is 0 Å². The van der Waals surface area contributed by atoms with E-state index in [1.165, 1.54) is 0 Å². The van der Waals surface area contributed by atoms with Gasteiger partial charge in [-0.15, -0.1) is 0 Å². The molecule has 1 fully saturated rings. The predicted molar refractivity (Wildman–Crippen MR) is 87.0 cm³/mol. The summed E-state index contributed by atoms with van der Waals surface area (Å²) in [6.45, 7) is 2.98. The predicted octanol–water partition coefficient (Wildman–Crippen LogP) is 0.244. The fourth-order valence-electron chi connectivity index (χ4n) is 2.58.